The van der Waals surface area contributed by atoms with Gasteiger partial charge in [-0.3, -0.25) is 0 Å². The van der Waals surface area contributed by atoms with E-state index in [2.05, 4.69) is 37.7 Å². The molecule has 13 heavy (non-hydrogen) atoms. The predicted octanol–water partition coefficient (Wildman–Crippen LogP) is 1.70. The van der Waals surface area contributed by atoms with E-state index in [0.29, 0.717) is 10.7 Å². The van der Waals surface area contributed by atoms with Crippen LogP contribution in [-0.2, 0) is 0 Å². The Labute approximate surface area is 86.3 Å². The Morgan fingerprint density at radius 1 is 1.38 bits per heavy atom. The molecule has 2 rings (SSSR count). The van der Waals surface area contributed by atoms with E-state index in [4.69, 9.17) is 0 Å². The molecule has 2 heterocycles. The lowest BCUT2D eigenvalue weighted by Crippen LogP contribution is -2.21. The molecule has 0 bridgehead atoms. The van der Waals surface area contributed by atoms with Gasteiger partial charge < -0.3 is 4.90 Å². The second-order valence-corrected chi connectivity index (χ2v) is 4.62. The Kier molecular flexibility index (Phi) is 2.49. The molecule has 0 N–H and O–H groups in total. The van der Waals surface area contributed by atoms with Gasteiger partial charge in [0.1, 0.15) is 0 Å². The van der Waals surface area contributed by atoms with Crippen LogP contribution in [0, 0.1) is 5.92 Å². The molecule has 70 valence electrons. The summed E-state index contributed by atoms with van der Waals surface area (Å²) in [5.41, 5.74) is 0. The predicted molar refractivity (Wildman–Crippen MR) is 56.1 cm³/mol. The number of alkyl halides is 1. The first kappa shape index (κ1) is 8.94. The second kappa shape index (κ2) is 3.62. The molecule has 1 aliphatic rings. The van der Waals surface area contributed by atoms with Crippen LogP contribution in [0.3, 0.4) is 0 Å². The van der Waals surface area contributed by atoms with Gasteiger partial charge in [0.25, 0.3) is 0 Å². The molecule has 1 aliphatic heterocycles. The Balaban J connectivity index is 2.12. The number of halogens is 1. The molecule has 0 spiro atoms. The average molecular weight is 242 g/mol. The highest BCUT2D eigenvalue weighted by molar-refractivity contribution is 9.09. The first-order chi connectivity index (χ1) is 6.27. The molecule has 0 aromatic carbocycles. The number of hydrogen-bond acceptors (Lipinski definition) is 3. The molecule has 1 fully saturated rings. The zero-order valence-corrected chi connectivity index (χ0v) is 9.11. The standard InChI is InChI=1S/C9H12BrN3/c1-7-5-13(6-8(7)10)9-11-3-2-4-12-9/h2-4,7-8H,5-6H2,1H3. The van der Waals surface area contributed by atoms with Crippen LogP contribution in [0.15, 0.2) is 18.5 Å². The van der Waals surface area contributed by atoms with Gasteiger partial charge in [0.2, 0.25) is 5.95 Å². The number of aromatic nitrogens is 2. The van der Waals surface area contributed by atoms with Crippen molar-refractivity contribution in [1.29, 1.82) is 0 Å². The van der Waals surface area contributed by atoms with Crippen LogP contribution in [0.2, 0.25) is 0 Å². The molecule has 2 unspecified atom stereocenters. The van der Waals surface area contributed by atoms with Crippen molar-refractivity contribution in [3.8, 4) is 0 Å². The smallest absolute Gasteiger partial charge is 0.225 e. The third-order valence-electron chi connectivity index (χ3n) is 2.36. The summed E-state index contributed by atoms with van der Waals surface area (Å²) in [4.78, 5) is 11.2. The molecule has 0 amide bonds. The Hall–Kier alpha value is -0.640. The first-order valence-electron chi connectivity index (χ1n) is 4.43. The number of rotatable bonds is 1. The summed E-state index contributed by atoms with van der Waals surface area (Å²) in [7, 11) is 0. The van der Waals surface area contributed by atoms with Gasteiger partial charge in [0.15, 0.2) is 0 Å². The maximum absolute atomic E-state index is 4.22. The summed E-state index contributed by atoms with van der Waals surface area (Å²) >= 11 is 3.64. The van der Waals surface area contributed by atoms with Crippen molar-refractivity contribution in [2.75, 3.05) is 18.0 Å². The fourth-order valence-corrected chi connectivity index (χ4v) is 2.06. The lowest BCUT2D eigenvalue weighted by molar-refractivity contribution is 0.678. The van der Waals surface area contributed by atoms with Crippen LogP contribution < -0.4 is 4.90 Å². The molecule has 2 atom stereocenters. The maximum Gasteiger partial charge on any atom is 0.225 e. The Morgan fingerprint density at radius 3 is 2.62 bits per heavy atom. The summed E-state index contributed by atoms with van der Waals surface area (Å²) < 4.78 is 0. The van der Waals surface area contributed by atoms with Gasteiger partial charge in [-0.2, -0.15) is 0 Å². The topological polar surface area (TPSA) is 29.0 Å². The van der Waals surface area contributed by atoms with E-state index in [-0.39, 0.29) is 0 Å². The second-order valence-electron chi connectivity index (χ2n) is 3.45. The van der Waals surface area contributed by atoms with Gasteiger partial charge in [0, 0.05) is 30.3 Å². The third-order valence-corrected chi connectivity index (χ3v) is 3.55. The van der Waals surface area contributed by atoms with Gasteiger partial charge in [-0.15, -0.1) is 0 Å². The number of hydrogen-bond donors (Lipinski definition) is 0. The number of nitrogens with zero attached hydrogens (tertiary/aromatic N) is 3. The van der Waals surface area contributed by atoms with Crippen LogP contribution in [0.4, 0.5) is 5.95 Å². The average Bonchev–Trinajstić information content (AvgIpc) is 2.49. The fraction of sp³-hybridized carbons (Fsp3) is 0.556. The van der Waals surface area contributed by atoms with Gasteiger partial charge >= 0.3 is 0 Å². The minimum absolute atomic E-state index is 0.566. The molecule has 3 nitrogen and oxygen atoms in total. The lowest BCUT2D eigenvalue weighted by Gasteiger charge is -2.14. The van der Waals surface area contributed by atoms with E-state index in [1.54, 1.807) is 12.4 Å². The Morgan fingerprint density at radius 2 is 2.08 bits per heavy atom. The molecule has 1 aromatic rings. The lowest BCUT2D eigenvalue weighted by atomic mass is 10.2. The summed E-state index contributed by atoms with van der Waals surface area (Å²) in [6, 6.07) is 1.84. The van der Waals surface area contributed by atoms with Crippen molar-refractivity contribution in [3.63, 3.8) is 0 Å². The molecule has 1 aromatic heterocycles. The largest absolute Gasteiger partial charge is 0.339 e. The molecule has 1 saturated heterocycles. The van der Waals surface area contributed by atoms with E-state index in [0.717, 1.165) is 19.0 Å². The molecule has 0 saturated carbocycles. The van der Waals surface area contributed by atoms with E-state index < -0.39 is 0 Å². The molecule has 0 aliphatic carbocycles. The van der Waals surface area contributed by atoms with E-state index >= 15 is 0 Å². The van der Waals surface area contributed by atoms with Gasteiger partial charge in [-0.05, 0) is 12.0 Å². The summed E-state index contributed by atoms with van der Waals surface area (Å²) in [6.45, 7) is 4.29. The fourth-order valence-electron chi connectivity index (χ4n) is 1.54. The van der Waals surface area contributed by atoms with Crippen molar-refractivity contribution >= 4 is 21.9 Å². The highest BCUT2D eigenvalue weighted by Gasteiger charge is 2.28. The van der Waals surface area contributed by atoms with Crippen molar-refractivity contribution in [2.45, 2.75) is 11.8 Å². The van der Waals surface area contributed by atoms with Crippen molar-refractivity contribution < 1.29 is 0 Å². The van der Waals surface area contributed by atoms with E-state index in [1.807, 2.05) is 6.07 Å². The van der Waals surface area contributed by atoms with Gasteiger partial charge in [0.05, 0.1) is 0 Å². The van der Waals surface area contributed by atoms with E-state index in [9.17, 15) is 0 Å². The molecule has 0 radical (unpaired) electrons. The summed E-state index contributed by atoms with van der Waals surface area (Å²) in [6.07, 6.45) is 3.57. The quantitative estimate of drug-likeness (QED) is 0.702. The third kappa shape index (κ3) is 1.82. The van der Waals surface area contributed by atoms with Gasteiger partial charge in [-0.1, -0.05) is 22.9 Å². The Bertz CT molecular complexity index is 267. The molecular formula is C9H12BrN3. The zero-order chi connectivity index (χ0) is 9.26. The van der Waals surface area contributed by atoms with Crippen molar-refractivity contribution in [1.82, 2.24) is 9.97 Å². The highest BCUT2D eigenvalue weighted by Crippen LogP contribution is 2.25. The van der Waals surface area contributed by atoms with Crippen LogP contribution in [0.1, 0.15) is 6.92 Å². The number of anilines is 1. The highest BCUT2D eigenvalue weighted by atomic mass is 79.9. The van der Waals surface area contributed by atoms with Crippen LogP contribution in [-0.4, -0.2) is 27.9 Å². The van der Waals surface area contributed by atoms with Crippen molar-refractivity contribution in [3.05, 3.63) is 18.5 Å². The first-order valence-corrected chi connectivity index (χ1v) is 5.35. The zero-order valence-electron chi connectivity index (χ0n) is 7.52. The summed E-state index contributed by atoms with van der Waals surface area (Å²) in [5.74, 6) is 1.51. The SMILES string of the molecule is CC1CN(c2ncccn2)CC1Br. The van der Waals surface area contributed by atoms with Crippen LogP contribution in [0.25, 0.3) is 0 Å². The maximum atomic E-state index is 4.22. The summed E-state index contributed by atoms with van der Waals surface area (Å²) in [5, 5.41) is 0. The van der Waals surface area contributed by atoms with Crippen LogP contribution >= 0.6 is 15.9 Å². The molecule has 4 heteroatoms. The minimum atomic E-state index is 0.566. The minimum Gasteiger partial charge on any atom is -0.339 e. The van der Waals surface area contributed by atoms with Crippen LogP contribution in [0.5, 0.6) is 0 Å². The van der Waals surface area contributed by atoms with E-state index in [1.165, 1.54) is 0 Å². The normalized spacial score (nSPS) is 28.0. The molecular weight excluding hydrogens is 230 g/mol. The monoisotopic (exact) mass is 241 g/mol. The van der Waals surface area contributed by atoms with Crippen molar-refractivity contribution in [2.24, 2.45) is 5.92 Å². The van der Waals surface area contributed by atoms with Gasteiger partial charge in [-0.25, -0.2) is 9.97 Å².